The third-order valence-electron chi connectivity index (χ3n) is 3.50. The monoisotopic (exact) mass is 351 g/mol. The first-order valence-corrected chi connectivity index (χ1v) is 8.25. The third-order valence-corrected chi connectivity index (χ3v) is 5.43. The predicted molar refractivity (Wildman–Crippen MR) is 87.1 cm³/mol. The van der Waals surface area contributed by atoms with E-state index in [9.17, 15) is 4.39 Å². The highest BCUT2D eigenvalue weighted by Crippen LogP contribution is 2.37. The van der Waals surface area contributed by atoms with E-state index >= 15 is 0 Å². The molecule has 104 valence electrons. The van der Waals surface area contributed by atoms with Gasteiger partial charge in [-0.3, -0.25) is 0 Å². The fourth-order valence-electron chi connectivity index (χ4n) is 2.43. The Hall–Kier alpha value is -1.00. The number of rotatable bonds is 3. The van der Waals surface area contributed by atoms with Gasteiger partial charge in [0.15, 0.2) is 0 Å². The molecule has 4 heteroatoms. The van der Waals surface area contributed by atoms with Crippen LogP contribution >= 0.6 is 27.7 Å². The van der Waals surface area contributed by atoms with Gasteiger partial charge in [-0.25, -0.2) is 4.39 Å². The number of thioether (sulfide) groups is 1. The van der Waals surface area contributed by atoms with Crippen LogP contribution in [0.2, 0.25) is 0 Å². The van der Waals surface area contributed by atoms with E-state index in [0.29, 0.717) is 9.72 Å². The molecule has 3 rings (SSSR count). The molecule has 1 heterocycles. The highest BCUT2D eigenvalue weighted by molar-refractivity contribution is 9.10. The van der Waals surface area contributed by atoms with Gasteiger partial charge in [0.25, 0.3) is 0 Å². The summed E-state index contributed by atoms with van der Waals surface area (Å²) in [5.74, 6) is -0.222. The topological polar surface area (TPSA) is 12.0 Å². The summed E-state index contributed by atoms with van der Waals surface area (Å²) >= 11 is 5.11. The van der Waals surface area contributed by atoms with Crippen LogP contribution in [-0.4, -0.2) is 11.8 Å². The summed E-state index contributed by atoms with van der Waals surface area (Å²) in [6, 6.07) is 11.9. The summed E-state index contributed by atoms with van der Waals surface area (Å²) in [7, 11) is 0. The Kier molecular flexibility index (Phi) is 4.03. The minimum absolute atomic E-state index is 0.222. The van der Waals surface area contributed by atoms with Crippen molar-refractivity contribution in [2.45, 2.75) is 23.5 Å². The molecule has 0 fully saturated rings. The largest absolute Gasteiger partial charge is 0.384 e. The molecule has 2 aromatic carbocycles. The molecule has 1 N–H and O–H groups in total. The lowest BCUT2D eigenvalue weighted by molar-refractivity contribution is 0.621. The number of anilines is 1. The molecule has 1 unspecified atom stereocenters. The number of halogens is 2. The van der Waals surface area contributed by atoms with Gasteiger partial charge in [0.1, 0.15) is 5.82 Å². The number of benzene rings is 2. The van der Waals surface area contributed by atoms with Crippen LogP contribution in [0.4, 0.5) is 10.1 Å². The summed E-state index contributed by atoms with van der Waals surface area (Å²) in [6.07, 6.45) is 1.08. The molecule has 0 saturated carbocycles. The van der Waals surface area contributed by atoms with Crippen LogP contribution in [0.15, 0.2) is 45.8 Å². The Morgan fingerprint density at radius 1 is 1.35 bits per heavy atom. The molecule has 2 aromatic rings. The number of fused-ring (bicyclic) bond motifs is 1. The van der Waals surface area contributed by atoms with Gasteiger partial charge < -0.3 is 5.32 Å². The molecule has 0 radical (unpaired) electrons. The zero-order valence-corrected chi connectivity index (χ0v) is 13.5. The Labute approximate surface area is 131 Å². The first-order valence-electron chi connectivity index (χ1n) is 6.57. The molecule has 1 nitrogen and oxygen atoms in total. The molecule has 20 heavy (non-hydrogen) atoms. The van der Waals surface area contributed by atoms with Gasteiger partial charge in [-0.1, -0.05) is 18.2 Å². The van der Waals surface area contributed by atoms with E-state index in [-0.39, 0.29) is 5.82 Å². The van der Waals surface area contributed by atoms with Crippen molar-refractivity contribution < 1.29 is 4.39 Å². The summed E-state index contributed by atoms with van der Waals surface area (Å²) in [5, 5.41) is 3.89. The normalized spacial score (nSPS) is 17.1. The van der Waals surface area contributed by atoms with Crippen LogP contribution in [0.25, 0.3) is 0 Å². The van der Waals surface area contributed by atoms with Crippen molar-refractivity contribution in [1.29, 1.82) is 0 Å². The third kappa shape index (κ3) is 2.86. The molecule has 0 aliphatic carbocycles. The van der Waals surface area contributed by atoms with Gasteiger partial charge >= 0.3 is 0 Å². The molecule has 0 bridgehead atoms. The lowest BCUT2D eigenvalue weighted by atomic mass is 10.1. The van der Waals surface area contributed by atoms with E-state index in [1.54, 1.807) is 6.07 Å². The maximum atomic E-state index is 13.6. The van der Waals surface area contributed by atoms with Gasteiger partial charge in [-0.2, -0.15) is 0 Å². The number of nitrogens with one attached hydrogen (secondary N) is 1. The van der Waals surface area contributed by atoms with Crippen LogP contribution in [0.5, 0.6) is 0 Å². The van der Waals surface area contributed by atoms with Crippen LogP contribution in [0, 0.1) is 12.7 Å². The Balaban J connectivity index is 1.66. The van der Waals surface area contributed by atoms with Gasteiger partial charge in [0, 0.05) is 22.4 Å². The van der Waals surface area contributed by atoms with Crippen molar-refractivity contribution >= 4 is 33.4 Å². The quantitative estimate of drug-likeness (QED) is 0.832. The molecule has 0 amide bonds. The average molecular weight is 352 g/mol. The first kappa shape index (κ1) is 14.0. The van der Waals surface area contributed by atoms with Gasteiger partial charge in [-0.15, -0.1) is 11.8 Å². The van der Waals surface area contributed by atoms with Gasteiger partial charge in [0.2, 0.25) is 0 Å². The molecule has 0 saturated heterocycles. The summed E-state index contributed by atoms with van der Waals surface area (Å²) in [5.41, 5.74) is 3.35. The predicted octanol–water partition coefficient (Wildman–Crippen LogP) is 5.03. The Morgan fingerprint density at radius 2 is 2.15 bits per heavy atom. The van der Waals surface area contributed by atoms with Crippen molar-refractivity contribution in [3.05, 3.63) is 57.8 Å². The zero-order chi connectivity index (χ0) is 14.1. The second kappa shape index (κ2) is 5.78. The summed E-state index contributed by atoms with van der Waals surface area (Å²) in [6.45, 7) is 2.84. The number of hydrogen-bond donors (Lipinski definition) is 1. The second-order valence-corrected chi connectivity index (χ2v) is 7.21. The Bertz CT molecular complexity index is 619. The second-order valence-electron chi connectivity index (χ2n) is 5.01. The van der Waals surface area contributed by atoms with E-state index in [1.165, 1.54) is 10.5 Å². The average Bonchev–Trinajstić information content (AvgIpc) is 2.84. The maximum absolute atomic E-state index is 13.6. The standard InChI is InChI=1S/C16H15BrFNS/c1-10-6-13(17)14(18)8-15(10)19-9-12-7-11-4-2-3-5-16(11)20-12/h2-6,8,12,19H,7,9H2,1H3. The minimum atomic E-state index is -0.222. The van der Waals surface area contributed by atoms with Crippen molar-refractivity contribution in [3.8, 4) is 0 Å². The van der Waals surface area contributed by atoms with Crippen LogP contribution in [-0.2, 0) is 6.42 Å². The molecule has 0 aromatic heterocycles. The summed E-state index contributed by atoms with van der Waals surface area (Å²) < 4.78 is 14.1. The minimum Gasteiger partial charge on any atom is -0.384 e. The lowest BCUT2D eigenvalue weighted by Crippen LogP contribution is -2.16. The Morgan fingerprint density at radius 3 is 2.95 bits per heavy atom. The summed E-state index contributed by atoms with van der Waals surface area (Å²) in [4.78, 5) is 1.37. The zero-order valence-electron chi connectivity index (χ0n) is 11.1. The highest BCUT2D eigenvalue weighted by atomic mass is 79.9. The van der Waals surface area contributed by atoms with Crippen molar-refractivity contribution in [1.82, 2.24) is 0 Å². The van der Waals surface area contributed by atoms with E-state index in [1.807, 2.05) is 24.8 Å². The van der Waals surface area contributed by atoms with Crippen molar-refractivity contribution in [3.63, 3.8) is 0 Å². The van der Waals surface area contributed by atoms with Gasteiger partial charge in [0.05, 0.1) is 4.47 Å². The van der Waals surface area contributed by atoms with E-state index in [2.05, 4.69) is 45.5 Å². The molecular formula is C16H15BrFNS. The lowest BCUT2D eigenvalue weighted by Gasteiger charge is -2.14. The van der Waals surface area contributed by atoms with E-state index in [0.717, 1.165) is 24.2 Å². The first-order chi connectivity index (χ1) is 9.63. The molecule has 0 spiro atoms. The van der Waals surface area contributed by atoms with Crippen molar-refractivity contribution in [2.75, 3.05) is 11.9 Å². The maximum Gasteiger partial charge on any atom is 0.139 e. The molecule has 1 aliphatic rings. The smallest absolute Gasteiger partial charge is 0.139 e. The van der Waals surface area contributed by atoms with E-state index in [4.69, 9.17) is 0 Å². The number of hydrogen-bond acceptors (Lipinski definition) is 2. The molecular weight excluding hydrogens is 337 g/mol. The van der Waals surface area contributed by atoms with Crippen LogP contribution in [0.3, 0.4) is 0 Å². The fraction of sp³-hybridized carbons (Fsp3) is 0.250. The number of aryl methyl sites for hydroxylation is 1. The molecule has 1 aliphatic heterocycles. The van der Waals surface area contributed by atoms with Crippen LogP contribution < -0.4 is 5.32 Å². The van der Waals surface area contributed by atoms with Crippen LogP contribution in [0.1, 0.15) is 11.1 Å². The molecule has 1 atom stereocenters. The van der Waals surface area contributed by atoms with E-state index < -0.39 is 0 Å². The van der Waals surface area contributed by atoms with Crippen molar-refractivity contribution in [2.24, 2.45) is 0 Å². The van der Waals surface area contributed by atoms with Gasteiger partial charge in [-0.05, 0) is 58.6 Å². The SMILES string of the molecule is Cc1cc(Br)c(F)cc1NCC1Cc2ccccc2S1. The fourth-order valence-corrected chi connectivity index (χ4v) is 4.13. The highest BCUT2D eigenvalue weighted by Gasteiger charge is 2.21.